The summed E-state index contributed by atoms with van der Waals surface area (Å²) in [6, 6.07) is 6.90. The smallest absolute Gasteiger partial charge is 0.358 e. The lowest BCUT2D eigenvalue weighted by Gasteiger charge is -2.13. The van der Waals surface area contributed by atoms with Crippen LogP contribution in [0.25, 0.3) is 0 Å². The number of halogens is 6. The van der Waals surface area contributed by atoms with Gasteiger partial charge in [0.2, 0.25) is 0 Å². The SMILES string of the molecule is Fc1ccc(C(F)(F)F)cc1CNC(=S)Nc1ccc(Cl)c(Cl)c1. The van der Waals surface area contributed by atoms with Gasteiger partial charge in [0.1, 0.15) is 5.82 Å². The van der Waals surface area contributed by atoms with Gasteiger partial charge in [-0.15, -0.1) is 0 Å². The van der Waals surface area contributed by atoms with Gasteiger partial charge in [0.15, 0.2) is 5.11 Å². The van der Waals surface area contributed by atoms with Crippen LogP contribution in [0.3, 0.4) is 0 Å². The largest absolute Gasteiger partial charge is 0.416 e. The molecule has 0 atom stereocenters. The first-order valence-corrected chi connectivity index (χ1v) is 7.69. The van der Waals surface area contributed by atoms with E-state index in [1.54, 1.807) is 12.1 Å². The van der Waals surface area contributed by atoms with E-state index in [9.17, 15) is 17.6 Å². The van der Waals surface area contributed by atoms with Crippen LogP contribution < -0.4 is 10.6 Å². The highest BCUT2D eigenvalue weighted by molar-refractivity contribution is 7.80. The van der Waals surface area contributed by atoms with E-state index in [1.165, 1.54) is 6.07 Å². The second-order valence-corrected chi connectivity index (χ2v) is 5.96. The fourth-order valence-corrected chi connectivity index (χ4v) is 2.30. The topological polar surface area (TPSA) is 24.1 Å². The highest BCUT2D eigenvalue weighted by Crippen LogP contribution is 2.30. The van der Waals surface area contributed by atoms with E-state index in [2.05, 4.69) is 10.6 Å². The summed E-state index contributed by atoms with van der Waals surface area (Å²) in [5.41, 5.74) is -0.543. The second-order valence-electron chi connectivity index (χ2n) is 4.74. The van der Waals surface area contributed by atoms with Gasteiger partial charge in [0, 0.05) is 17.8 Å². The van der Waals surface area contributed by atoms with Gasteiger partial charge in [0.05, 0.1) is 15.6 Å². The lowest BCUT2D eigenvalue weighted by atomic mass is 10.1. The molecular formula is C15H10Cl2F4N2S. The zero-order valence-electron chi connectivity index (χ0n) is 11.8. The Morgan fingerprint density at radius 3 is 2.38 bits per heavy atom. The Bertz CT molecular complexity index is 766. The van der Waals surface area contributed by atoms with Gasteiger partial charge in [-0.3, -0.25) is 0 Å². The van der Waals surface area contributed by atoms with Crippen LogP contribution in [0.2, 0.25) is 10.0 Å². The number of hydrogen-bond acceptors (Lipinski definition) is 1. The van der Waals surface area contributed by atoms with E-state index in [0.717, 1.165) is 12.1 Å². The quantitative estimate of drug-likeness (QED) is 0.518. The van der Waals surface area contributed by atoms with Crippen LogP contribution in [-0.2, 0) is 12.7 Å². The summed E-state index contributed by atoms with van der Waals surface area (Å²) < 4.78 is 51.6. The van der Waals surface area contributed by atoms with Crippen molar-refractivity contribution >= 4 is 46.2 Å². The van der Waals surface area contributed by atoms with Crippen molar-refractivity contribution in [1.82, 2.24) is 5.32 Å². The van der Waals surface area contributed by atoms with Crippen LogP contribution in [0.5, 0.6) is 0 Å². The van der Waals surface area contributed by atoms with Crippen molar-refractivity contribution in [2.45, 2.75) is 12.7 Å². The number of hydrogen-bond donors (Lipinski definition) is 2. The van der Waals surface area contributed by atoms with Crippen LogP contribution in [0, 0.1) is 5.82 Å². The molecule has 2 N–H and O–H groups in total. The van der Waals surface area contributed by atoms with Crippen molar-refractivity contribution < 1.29 is 17.6 Å². The van der Waals surface area contributed by atoms with E-state index in [-0.39, 0.29) is 17.2 Å². The molecular weight excluding hydrogens is 387 g/mol. The molecule has 0 spiro atoms. The molecule has 0 unspecified atom stereocenters. The lowest BCUT2D eigenvalue weighted by Crippen LogP contribution is -2.28. The average Bonchev–Trinajstić information content (AvgIpc) is 2.49. The number of rotatable bonds is 3. The van der Waals surface area contributed by atoms with Crippen LogP contribution in [0.4, 0.5) is 23.2 Å². The predicted octanol–water partition coefficient (Wildman–Crippen LogP) is 5.64. The molecule has 0 radical (unpaired) electrons. The summed E-state index contributed by atoms with van der Waals surface area (Å²) in [6.45, 7) is -0.205. The highest BCUT2D eigenvalue weighted by atomic mass is 35.5. The number of nitrogens with one attached hydrogen (secondary N) is 2. The van der Waals surface area contributed by atoms with E-state index in [4.69, 9.17) is 35.4 Å². The van der Waals surface area contributed by atoms with E-state index in [0.29, 0.717) is 21.8 Å². The van der Waals surface area contributed by atoms with Crippen LogP contribution in [-0.4, -0.2) is 5.11 Å². The molecule has 0 amide bonds. The average molecular weight is 397 g/mol. The minimum Gasteiger partial charge on any atom is -0.358 e. The Hall–Kier alpha value is -1.57. The van der Waals surface area contributed by atoms with Gasteiger partial charge >= 0.3 is 6.18 Å². The normalized spacial score (nSPS) is 11.2. The zero-order chi connectivity index (χ0) is 17.9. The molecule has 0 aliphatic heterocycles. The Labute approximate surface area is 150 Å². The van der Waals surface area contributed by atoms with Gasteiger partial charge in [0.25, 0.3) is 0 Å². The first kappa shape index (κ1) is 18.8. The second kappa shape index (κ2) is 7.55. The van der Waals surface area contributed by atoms with Crippen LogP contribution in [0.15, 0.2) is 36.4 Å². The van der Waals surface area contributed by atoms with Crippen molar-refractivity contribution in [2.75, 3.05) is 5.32 Å². The van der Waals surface area contributed by atoms with Gasteiger partial charge in [-0.05, 0) is 48.6 Å². The molecule has 0 aromatic heterocycles. The summed E-state index contributed by atoms with van der Waals surface area (Å²) in [5.74, 6) is -0.757. The van der Waals surface area contributed by atoms with Gasteiger partial charge in [-0.25, -0.2) is 4.39 Å². The number of benzene rings is 2. The molecule has 0 fully saturated rings. The molecule has 0 bridgehead atoms. The summed E-state index contributed by atoms with van der Waals surface area (Å²) in [6.07, 6.45) is -4.54. The minimum atomic E-state index is -4.54. The molecule has 9 heteroatoms. The van der Waals surface area contributed by atoms with Crippen LogP contribution >= 0.6 is 35.4 Å². The Kier molecular flexibility index (Phi) is 5.90. The van der Waals surface area contributed by atoms with Gasteiger partial charge < -0.3 is 10.6 Å². The first-order valence-electron chi connectivity index (χ1n) is 6.52. The van der Waals surface area contributed by atoms with Crippen molar-refractivity contribution in [2.24, 2.45) is 0 Å². The molecule has 24 heavy (non-hydrogen) atoms. The summed E-state index contributed by atoms with van der Waals surface area (Å²) in [5, 5.41) is 6.20. The molecule has 2 rings (SSSR count). The third kappa shape index (κ3) is 4.96. The lowest BCUT2D eigenvalue weighted by molar-refractivity contribution is -0.137. The molecule has 0 aliphatic rings. The summed E-state index contributed by atoms with van der Waals surface area (Å²) in [7, 11) is 0. The Morgan fingerprint density at radius 1 is 1.04 bits per heavy atom. The van der Waals surface area contributed by atoms with E-state index in [1.807, 2.05) is 0 Å². The first-order chi connectivity index (χ1) is 11.2. The Balaban J connectivity index is 2.02. The van der Waals surface area contributed by atoms with Crippen molar-refractivity contribution in [1.29, 1.82) is 0 Å². The summed E-state index contributed by atoms with van der Waals surface area (Å²) in [4.78, 5) is 0. The van der Waals surface area contributed by atoms with E-state index >= 15 is 0 Å². The Morgan fingerprint density at radius 2 is 1.75 bits per heavy atom. The van der Waals surface area contributed by atoms with Crippen molar-refractivity contribution in [3.8, 4) is 0 Å². The molecule has 0 saturated heterocycles. The maximum atomic E-state index is 13.6. The fraction of sp³-hybridized carbons (Fsp3) is 0.133. The maximum absolute atomic E-state index is 13.6. The van der Waals surface area contributed by atoms with Crippen molar-refractivity contribution in [3.05, 3.63) is 63.4 Å². The maximum Gasteiger partial charge on any atom is 0.416 e. The molecule has 2 nitrogen and oxygen atoms in total. The van der Waals surface area contributed by atoms with E-state index < -0.39 is 17.6 Å². The minimum absolute atomic E-state index is 0.102. The highest BCUT2D eigenvalue weighted by Gasteiger charge is 2.31. The van der Waals surface area contributed by atoms with Gasteiger partial charge in [-0.1, -0.05) is 23.2 Å². The van der Waals surface area contributed by atoms with Crippen LogP contribution in [0.1, 0.15) is 11.1 Å². The third-order valence-corrected chi connectivity index (χ3v) is 3.98. The summed E-state index contributed by atoms with van der Waals surface area (Å²) >= 11 is 16.7. The molecule has 2 aromatic rings. The molecule has 0 heterocycles. The number of alkyl halides is 3. The predicted molar refractivity (Wildman–Crippen MR) is 90.9 cm³/mol. The number of thiocarbonyl (C=S) groups is 1. The molecule has 128 valence electrons. The van der Waals surface area contributed by atoms with Crippen molar-refractivity contribution in [3.63, 3.8) is 0 Å². The zero-order valence-corrected chi connectivity index (χ0v) is 14.2. The monoisotopic (exact) mass is 396 g/mol. The standard InChI is InChI=1S/C15H10Cl2F4N2S/c16-11-3-2-10(6-12(11)17)23-14(24)22-7-8-5-9(15(19,20)21)1-4-13(8)18/h1-6H,7H2,(H2,22,23,24). The third-order valence-electron chi connectivity index (χ3n) is 2.99. The molecule has 0 aliphatic carbocycles. The molecule has 0 saturated carbocycles. The fourth-order valence-electron chi connectivity index (χ4n) is 1.81. The van der Waals surface area contributed by atoms with Gasteiger partial charge in [-0.2, -0.15) is 13.2 Å². The number of anilines is 1. The molecule has 2 aromatic carbocycles.